The number of fused-ring (bicyclic) bond motifs is 1. The summed E-state index contributed by atoms with van der Waals surface area (Å²) in [4.78, 5) is 24.5. The number of carbonyl (C=O) groups excluding carboxylic acids is 1. The first kappa shape index (κ1) is 19.4. The lowest BCUT2D eigenvalue weighted by Crippen LogP contribution is -2.59. The molecule has 0 unspecified atom stereocenters. The molecule has 3 heterocycles. The maximum absolute atomic E-state index is 13.0. The van der Waals surface area contributed by atoms with Gasteiger partial charge in [-0.1, -0.05) is 36.6 Å². The molecule has 1 aromatic heterocycles. The number of nitrogens with zero attached hydrogens (tertiary/aromatic N) is 3. The molecule has 1 aliphatic carbocycles. The van der Waals surface area contributed by atoms with Crippen LogP contribution in [0.1, 0.15) is 48.9 Å². The lowest BCUT2D eigenvalue weighted by molar-refractivity contribution is 0.0705. The highest BCUT2D eigenvalue weighted by Gasteiger charge is 2.44. The van der Waals surface area contributed by atoms with E-state index in [9.17, 15) is 4.79 Å². The summed E-state index contributed by atoms with van der Waals surface area (Å²) in [5.74, 6) is 1.80. The van der Waals surface area contributed by atoms with Crippen LogP contribution >= 0.6 is 11.6 Å². The molecule has 1 spiro atoms. The summed E-state index contributed by atoms with van der Waals surface area (Å²) in [6.45, 7) is 1.30. The van der Waals surface area contributed by atoms with Gasteiger partial charge in [0, 0.05) is 19.3 Å². The summed E-state index contributed by atoms with van der Waals surface area (Å²) in [6, 6.07) is 11.6. The van der Waals surface area contributed by atoms with Crippen LogP contribution in [0, 0.1) is 0 Å². The van der Waals surface area contributed by atoms with Crippen molar-refractivity contribution in [3.05, 3.63) is 53.2 Å². The Morgan fingerprint density at radius 2 is 1.90 bits per heavy atom. The molecule has 7 heteroatoms. The third-order valence-corrected chi connectivity index (χ3v) is 6.85. The first-order valence-corrected chi connectivity index (χ1v) is 11.1. The van der Waals surface area contributed by atoms with Crippen molar-refractivity contribution in [3.63, 3.8) is 0 Å². The van der Waals surface area contributed by atoms with E-state index in [0.29, 0.717) is 29.7 Å². The molecule has 2 fully saturated rings. The summed E-state index contributed by atoms with van der Waals surface area (Å²) in [6.07, 6.45) is 8.16. The molecule has 2 N–H and O–H groups in total. The van der Waals surface area contributed by atoms with Crippen molar-refractivity contribution in [2.45, 2.75) is 50.1 Å². The second-order valence-electron chi connectivity index (χ2n) is 8.42. The van der Waals surface area contributed by atoms with E-state index in [4.69, 9.17) is 16.6 Å². The minimum absolute atomic E-state index is 0.00410. The molecule has 6 nitrogen and oxygen atoms in total. The topological polar surface area (TPSA) is 69.6 Å². The van der Waals surface area contributed by atoms with Gasteiger partial charge in [0.25, 0.3) is 5.91 Å². The van der Waals surface area contributed by atoms with Gasteiger partial charge in [-0.3, -0.25) is 9.79 Å². The molecule has 30 heavy (non-hydrogen) atoms. The van der Waals surface area contributed by atoms with Crippen LogP contribution in [0.3, 0.4) is 0 Å². The molecule has 0 bridgehead atoms. The van der Waals surface area contributed by atoms with Crippen LogP contribution in [0.2, 0.25) is 5.02 Å². The number of nitrogens with one attached hydrogen (secondary N) is 2. The predicted molar refractivity (Wildman–Crippen MR) is 120 cm³/mol. The maximum atomic E-state index is 13.0. The van der Waals surface area contributed by atoms with Crippen LogP contribution in [-0.2, 0) is 0 Å². The number of hydrogen-bond donors (Lipinski definition) is 2. The fraction of sp³-hybridized carbons (Fsp3) is 0.435. The summed E-state index contributed by atoms with van der Waals surface area (Å²) >= 11 is 6.26. The number of aromatic nitrogens is 1. The fourth-order valence-corrected chi connectivity index (χ4v) is 5.00. The minimum Gasteiger partial charge on any atom is -0.370 e. The van der Waals surface area contributed by atoms with Gasteiger partial charge >= 0.3 is 0 Å². The number of likely N-dealkylation sites (tertiary alicyclic amines) is 1. The van der Waals surface area contributed by atoms with Crippen molar-refractivity contribution in [1.29, 1.82) is 0 Å². The summed E-state index contributed by atoms with van der Waals surface area (Å²) < 4.78 is 0. The van der Waals surface area contributed by atoms with E-state index < -0.39 is 0 Å². The normalized spacial score (nSPS) is 21.9. The van der Waals surface area contributed by atoms with Crippen molar-refractivity contribution in [2.24, 2.45) is 4.99 Å². The van der Waals surface area contributed by atoms with Crippen LogP contribution in [0.4, 0.5) is 11.5 Å². The number of rotatable bonds is 2. The zero-order valence-electron chi connectivity index (χ0n) is 16.9. The number of hydrogen-bond acceptors (Lipinski definition) is 4. The van der Waals surface area contributed by atoms with Gasteiger partial charge in [-0.15, -0.1) is 0 Å². The van der Waals surface area contributed by atoms with Crippen molar-refractivity contribution < 1.29 is 4.79 Å². The lowest BCUT2D eigenvalue weighted by Gasteiger charge is -2.46. The minimum atomic E-state index is -0.296. The first-order chi connectivity index (χ1) is 14.6. The van der Waals surface area contributed by atoms with Crippen molar-refractivity contribution in [3.8, 4) is 0 Å². The van der Waals surface area contributed by atoms with E-state index in [1.165, 1.54) is 12.8 Å². The molecule has 3 aliphatic rings. The van der Waals surface area contributed by atoms with E-state index >= 15 is 0 Å². The predicted octanol–water partition coefficient (Wildman–Crippen LogP) is 4.59. The monoisotopic (exact) mass is 423 g/mol. The average molecular weight is 424 g/mol. The van der Waals surface area contributed by atoms with Crippen LogP contribution in [0.5, 0.6) is 0 Å². The molecule has 5 rings (SSSR count). The van der Waals surface area contributed by atoms with Gasteiger partial charge in [0.05, 0.1) is 27.9 Å². The zero-order chi connectivity index (χ0) is 20.6. The molecular weight excluding hydrogens is 398 g/mol. The Bertz CT molecular complexity index is 977. The second kappa shape index (κ2) is 7.91. The number of halogens is 1. The Morgan fingerprint density at radius 1 is 1.13 bits per heavy atom. The van der Waals surface area contributed by atoms with Crippen molar-refractivity contribution in [1.82, 2.24) is 9.88 Å². The molecule has 1 aromatic carbocycles. The molecule has 1 saturated heterocycles. The van der Waals surface area contributed by atoms with Gasteiger partial charge in [0.2, 0.25) is 0 Å². The number of carbonyl (C=O) groups is 1. The number of piperidine rings is 1. The van der Waals surface area contributed by atoms with Gasteiger partial charge in [0.15, 0.2) is 5.82 Å². The highest BCUT2D eigenvalue weighted by Crippen LogP contribution is 2.37. The number of anilines is 2. The van der Waals surface area contributed by atoms with E-state index in [2.05, 4.69) is 15.6 Å². The van der Waals surface area contributed by atoms with Crippen LogP contribution < -0.4 is 10.6 Å². The third-order valence-electron chi connectivity index (χ3n) is 6.52. The van der Waals surface area contributed by atoms with E-state index in [-0.39, 0.29) is 11.4 Å². The molecular formula is C23H26ClN5O. The lowest BCUT2D eigenvalue weighted by atomic mass is 9.83. The van der Waals surface area contributed by atoms with Crippen LogP contribution in [-0.4, -0.2) is 46.3 Å². The Balaban J connectivity index is 1.40. The second-order valence-corrected chi connectivity index (χ2v) is 8.83. The average Bonchev–Trinajstić information content (AvgIpc) is 3.28. The molecule has 0 atom stereocenters. The molecule has 0 radical (unpaired) electrons. The summed E-state index contributed by atoms with van der Waals surface area (Å²) in [7, 11) is 0. The number of amides is 1. The van der Waals surface area contributed by atoms with Gasteiger partial charge in [-0.25, -0.2) is 4.98 Å². The maximum Gasteiger partial charge on any atom is 0.255 e. The molecule has 156 valence electrons. The van der Waals surface area contributed by atoms with Crippen LogP contribution in [0.15, 0.2) is 47.6 Å². The van der Waals surface area contributed by atoms with Gasteiger partial charge in [-0.2, -0.15) is 0 Å². The summed E-state index contributed by atoms with van der Waals surface area (Å²) in [5.41, 5.74) is 1.27. The van der Waals surface area contributed by atoms with E-state index in [0.717, 1.165) is 43.0 Å². The Kier molecular flexibility index (Phi) is 5.11. The summed E-state index contributed by atoms with van der Waals surface area (Å²) in [5, 5.41) is 7.75. The number of aliphatic imine (C=N–C) groups is 1. The third kappa shape index (κ3) is 3.54. The van der Waals surface area contributed by atoms with Gasteiger partial charge < -0.3 is 15.5 Å². The SMILES string of the molecule is O=C(c1ccccc1Cl)N1CCC2(CC1)Nc1cccnc1NC2=NC1CCCC1. The quantitative estimate of drug-likeness (QED) is 0.741. The Hall–Kier alpha value is -2.60. The first-order valence-electron chi connectivity index (χ1n) is 10.8. The van der Waals surface area contributed by atoms with E-state index in [1.54, 1.807) is 18.3 Å². The Morgan fingerprint density at radius 3 is 2.67 bits per heavy atom. The van der Waals surface area contributed by atoms with Crippen LogP contribution in [0.25, 0.3) is 0 Å². The van der Waals surface area contributed by atoms with Gasteiger partial charge in [-0.05, 0) is 49.9 Å². The smallest absolute Gasteiger partial charge is 0.255 e. The molecule has 1 amide bonds. The molecule has 1 saturated carbocycles. The van der Waals surface area contributed by atoms with E-state index in [1.807, 2.05) is 29.2 Å². The van der Waals surface area contributed by atoms with Crippen molar-refractivity contribution >= 4 is 34.8 Å². The van der Waals surface area contributed by atoms with Crippen molar-refractivity contribution in [2.75, 3.05) is 23.7 Å². The molecule has 2 aromatic rings. The number of pyridine rings is 1. The largest absolute Gasteiger partial charge is 0.370 e. The highest BCUT2D eigenvalue weighted by atomic mass is 35.5. The Labute approximate surface area is 181 Å². The highest BCUT2D eigenvalue weighted by molar-refractivity contribution is 6.33. The number of benzene rings is 1. The zero-order valence-corrected chi connectivity index (χ0v) is 17.7. The molecule has 2 aliphatic heterocycles. The number of amidine groups is 1. The fourth-order valence-electron chi connectivity index (χ4n) is 4.78. The van der Waals surface area contributed by atoms with Gasteiger partial charge in [0.1, 0.15) is 5.84 Å². The standard InChI is InChI=1S/C23H26ClN5O/c24-18-9-4-3-8-17(18)21(30)29-14-11-23(12-15-29)22(26-16-6-1-2-7-16)27-20-19(28-23)10-5-13-25-20/h3-5,8-10,13,16,28H,1-2,6-7,11-12,14-15H2,(H,25,26,27).